The van der Waals surface area contributed by atoms with E-state index in [1.807, 2.05) is 0 Å². The molecular weight excluding hydrogens is 390 g/mol. The van der Waals surface area contributed by atoms with Gasteiger partial charge in [0.2, 0.25) is 10.0 Å². The van der Waals surface area contributed by atoms with E-state index in [1.54, 1.807) is 43.3 Å². The predicted molar refractivity (Wildman–Crippen MR) is 110 cm³/mol. The van der Waals surface area contributed by atoms with Crippen LogP contribution in [0.5, 0.6) is 5.75 Å². The lowest BCUT2D eigenvalue weighted by molar-refractivity contribution is 0.102. The second-order valence-corrected chi connectivity index (χ2v) is 8.16. The van der Waals surface area contributed by atoms with Gasteiger partial charge in [0.15, 0.2) is 0 Å². The normalized spacial score (nSPS) is 15.1. The fraction of sp³-hybridized carbons (Fsp3) is 0.278. The predicted octanol–water partition coefficient (Wildman–Crippen LogP) is 2.80. The first kappa shape index (κ1) is 20.9. The summed E-state index contributed by atoms with van der Waals surface area (Å²) in [6.07, 6.45) is 0.610. The average molecular weight is 412 g/mol. The molecule has 0 saturated carbocycles. The van der Waals surface area contributed by atoms with E-state index in [2.05, 4.69) is 5.32 Å². The van der Waals surface area contributed by atoms with Crippen molar-refractivity contribution < 1.29 is 17.9 Å². The van der Waals surface area contributed by atoms with Gasteiger partial charge >= 0.3 is 0 Å². The largest absolute Gasteiger partial charge is 0.497 e. The molecule has 2 aromatic carbocycles. The molecule has 0 spiro atoms. The van der Waals surface area contributed by atoms with Crippen LogP contribution in [0.25, 0.3) is 0 Å². The summed E-state index contributed by atoms with van der Waals surface area (Å²) in [5.41, 5.74) is 8.50. The van der Waals surface area contributed by atoms with Gasteiger partial charge in [-0.05, 0) is 49.2 Å². The van der Waals surface area contributed by atoms with Crippen LogP contribution < -0.4 is 20.1 Å². The van der Waals surface area contributed by atoms with E-state index in [-0.39, 0.29) is 24.1 Å². The highest BCUT2D eigenvalue weighted by molar-refractivity contribution is 7.93. The number of nitrogens with one attached hydrogen (secondary N) is 1. The summed E-state index contributed by atoms with van der Waals surface area (Å²) in [5, 5.41) is 2.77. The molecular formula is C18H22ClN3O4S. The van der Waals surface area contributed by atoms with Crippen LogP contribution in [-0.2, 0) is 10.0 Å². The molecule has 0 atom stereocenters. The number of hydrogen-bond donors (Lipinski definition) is 2. The van der Waals surface area contributed by atoms with Gasteiger partial charge in [0, 0.05) is 18.2 Å². The molecule has 1 saturated heterocycles. The Hall–Kier alpha value is -2.45. The van der Waals surface area contributed by atoms with Crippen LogP contribution in [-0.4, -0.2) is 33.7 Å². The molecule has 0 aliphatic carbocycles. The number of sulfonamides is 1. The van der Waals surface area contributed by atoms with E-state index in [1.165, 1.54) is 11.4 Å². The van der Waals surface area contributed by atoms with Crippen LogP contribution in [0.1, 0.15) is 22.3 Å². The molecule has 0 bridgehead atoms. The number of nitrogens with zero attached hydrogens (tertiary/aromatic N) is 1. The Labute approximate surface area is 165 Å². The maximum absolute atomic E-state index is 12.6. The van der Waals surface area contributed by atoms with Gasteiger partial charge < -0.3 is 15.8 Å². The Morgan fingerprint density at radius 3 is 2.56 bits per heavy atom. The maximum Gasteiger partial charge on any atom is 0.255 e. The monoisotopic (exact) mass is 411 g/mol. The van der Waals surface area contributed by atoms with Gasteiger partial charge in [0.1, 0.15) is 5.75 Å². The van der Waals surface area contributed by atoms with E-state index in [9.17, 15) is 13.2 Å². The number of hydrogen-bond acceptors (Lipinski definition) is 5. The minimum absolute atomic E-state index is 0. The van der Waals surface area contributed by atoms with Crippen molar-refractivity contribution in [3.05, 3.63) is 47.5 Å². The molecule has 2 aromatic rings. The number of ether oxygens (including phenoxy) is 1. The number of halogens is 1. The highest BCUT2D eigenvalue weighted by Crippen LogP contribution is 2.28. The molecule has 1 fully saturated rings. The van der Waals surface area contributed by atoms with Gasteiger partial charge in [-0.25, -0.2) is 8.42 Å². The second kappa shape index (κ2) is 8.06. The van der Waals surface area contributed by atoms with Gasteiger partial charge in [-0.15, -0.1) is 12.4 Å². The lowest BCUT2D eigenvalue weighted by Gasteiger charge is -2.18. The Morgan fingerprint density at radius 1 is 1.22 bits per heavy atom. The SMILES string of the molecule is COc1ccc(N)c(NC(=O)c2ccc(N3CCCS3(=O)=O)cc2C)c1.Cl. The quantitative estimate of drug-likeness (QED) is 0.753. The maximum atomic E-state index is 12.6. The molecule has 3 N–H and O–H groups in total. The molecule has 1 amide bonds. The van der Waals surface area contributed by atoms with Crippen molar-refractivity contribution in [2.75, 3.05) is 34.8 Å². The zero-order chi connectivity index (χ0) is 18.9. The number of anilines is 3. The zero-order valence-electron chi connectivity index (χ0n) is 15.1. The van der Waals surface area contributed by atoms with Crippen LogP contribution >= 0.6 is 12.4 Å². The number of aryl methyl sites for hydroxylation is 1. The molecule has 27 heavy (non-hydrogen) atoms. The van der Waals surface area contributed by atoms with Gasteiger partial charge in [0.05, 0.1) is 29.9 Å². The second-order valence-electron chi connectivity index (χ2n) is 6.15. The summed E-state index contributed by atoms with van der Waals surface area (Å²) in [6, 6.07) is 10.0. The minimum Gasteiger partial charge on any atom is -0.497 e. The lowest BCUT2D eigenvalue weighted by atomic mass is 10.1. The molecule has 3 rings (SSSR count). The van der Waals surface area contributed by atoms with Crippen molar-refractivity contribution in [3.63, 3.8) is 0 Å². The third-order valence-electron chi connectivity index (χ3n) is 4.35. The number of carbonyl (C=O) groups excluding carboxylic acids is 1. The Balaban J connectivity index is 0.00000261. The number of methoxy groups -OCH3 is 1. The summed E-state index contributed by atoms with van der Waals surface area (Å²) in [5.74, 6) is 0.419. The van der Waals surface area contributed by atoms with Gasteiger partial charge in [-0.1, -0.05) is 0 Å². The first-order valence-electron chi connectivity index (χ1n) is 8.18. The summed E-state index contributed by atoms with van der Waals surface area (Å²) < 4.78 is 30.6. The fourth-order valence-corrected chi connectivity index (χ4v) is 4.50. The highest BCUT2D eigenvalue weighted by Gasteiger charge is 2.28. The number of nitrogen functional groups attached to an aromatic ring is 1. The van der Waals surface area contributed by atoms with Gasteiger partial charge in [-0.2, -0.15) is 0 Å². The van der Waals surface area contributed by atoms with Gasteiger partial charge in [0.25, 0.3) is 5.91 Å². The summed E-state index contributed by atoms with van der Waals surface area (Å²) in [6.45, 7) is 2.24. The molecule has 0 aromatic heterocycles. The molecule has 0 radical (unpaired) electrons. The number of benzene rings is 2. The fourth-order valence-electron chi connectivity index (χ4n) is 2.95. The average Bonchev–Trinajstić information content (AvgIpc) is 2.95. The lowest BCUT2D eigenvalue weighted by Crippen LogP contribution is -2.25. The number of amides is 1. The van der Waals surface area contributed by atoms with E-state index in [0.29, 0.717) is 46.9 Å². The number of nitrogens with two attached hydrogens (primary N) is 1. The van der Waals surface area contributed by atoms with Crippen molar-refractivity contribution in [2.24, 2.45) is 0 Å². The van der Waals surface area contributed by atoms with Crippen molar-refractivity contribution in [1.82, 2.24) is 0 Å². The summed E-state index contributed by atoms with van der Waals surface area (Å²) >= 11 is 0. The first-order valence-corrected chi connectivity index (χ1v) is 9.78. The molecule has 1 heterocycles. The summed E-state index contributed by atoms with van der Waals surface area (Å²) in [7, 11) is -1.72. The highest BCUT2D eigenvalue weighted by atomic mass is 35.5. The number of rotatable bonds is 4. The van der Waals surface area contributed by atoms with E-state index in [4.69, 9.17) is 10.5 Å². The Kier molecular flexibility index (Phi) is 6.22. The van der Waals surface area contributed by atoms with Gasteiger partial charge in [-0.3, -0.25) is 9.10 Å². The molecule has 146 valence electrons. The third-order valence-corrected chi connectivity index (χ3v) is 6.22. The van der Waals surface area contributed by atoms with Crippen molar-refractivity contribution in [3.8, 4) is 5.75 Å². The Bertz CT molecular complexity index is 963. The van der Waals surface area contributed by atoms with E-state index < -0.39 is 10.0 Å². The first-order chi connectivity index (χ1) is 12.3. The van der Waals surface area contributed by atoms with Crippen LogP contribution in [0.4, 0.5) is 17.1 Å². The van der Waals surface area contributed by atoms with Crippen LogP contribution in [0.2, 0.25) is 0 Å². The standard InChI is InChI=1S/C18H21N3O4S.ClH/c1-12-10-13(21-8-3-9-26(21,23)24)4-6-15(12)18(22)20-17-11-14(25-2)5-7-16(17)19;/h4-7,10-11H,3,8-9,19H2,1-2H3,(H,20,22);1H. The van der Waals surface area contributed by atoms with E-state index >= 15 is 0 Å². The molecule has 0 unspecified atom stereocenters. The van der Waals surface area contributed by atoms with Crippen molar-refractivity contribution in [2.45, 2.75) is 13.3 Å². The van der Waals surface area contributed by atoms with Crippen LogP contribution in [0.3, 0.4) is 0 Å². The van der Waals surface area contributed by atoms with Crippen molar-refractivity contribution in [1.29, 1.82) is 0 Å². The smallest absolute Gasteiger partial charge is 0.255 e. The van der Waals surface area contributed by atoms with Crippen LogP contribution in [0.15, 0.2) is 36.4 Å². The summed E-state index contributed by atoms with van der Waals surface area (Å²) in [4.78, 5) is 12.6. The molecule has 1 aliphatic rings. The molecule has 1 aliphatic heterocycles. The van der Waals surface area contributed by atoms with Crippen LogP contribution in [0, 0.1) is 6.92 Å². The Morgan fingerprint density at radius 2 is 1.96 bits per heavy atom. The zero-order valence-corrected chi connectivity index (χ0v) is 16.7. The topological polar surface area (TPSA) is 102 Å². The molecule has 7 nitrogen and oxygen atoms in total. The number of carbonyl (C=O) groups is 1. The van der Waals surface area contributed by atoms with E-state index in [0.717, 1.165) is 0 Å². The molecule has 9 heteroatoms. The third kappa shape index (κ3) is 4.28. The van der Waals surface area contributed by atoms with Crippen molar-refractivity contribution >= 4 is 45.4 Å². The minimum atomic E-state index is -3.25.